The second kappa shape index (κ2) is 4.30. The third-order valence-electron chi connectivity index (χ3n) is 2.06. The zero-order chi connectivity index (χ0) is 12.3. The fraction of sp³-hybridized carbons (Fsp3) is 0.364. The van der Waals surface area contributed by atoms with Crippen molar-refractivity contribution >= 4 is 18.1 Å². The summed E-state index contributed by atoms with van der Waals surface area (Å²) in [6.07, 6.45) is 2.35. The lowest BCUT2D eigenvalue weighted by molar-refractivity contribution is 0.112. The van der Waals surface area contributed by atoms with Gasteiger partial charge in [0.25, 0.3) is 0 Å². The van der Waals surface area contributed by atoms with Gasteiger partial charge in [-0.05, 0) is 26.8 Å². The van der Waals surface area contributed by atoms with Crippen LogP contribution in [0.15, 0.2) is 18.5 Å². The van der Waals surface area contributed by atoms with Crippen LogP contribution in [-0.4, -0.2) is 28.0 Å². The van der Waals surface area contributed by atoms with Gasteiger partial charge in [-0.2, -0.15) is 0 Å². The molecule has 5 heteroatoms. The quantitative estimate of drug-likeness (QED) is 0.778. The van der Waals surface area contributed by atoms with E-state index in [0.29, 0.717) is 17.5 Å². The van der Waals surface area contributed by atoms with Gasteiger partial charge < -0.3 is 5.11 Å². The molecule has 0 aliphatic rings. The number of carbonyl (C=O) groups is 2. The van der Waals surface area contributed by atoms with E-state index in [2.05, 4.69) is 4.98 Å². The van der Waals surface area contributed by atoms with E-state index in [-0.39, 0.29) is 0 Å². The Morgan fingerprint density at radius 3 is 2.56 bits per heavy atom. The Bertz CT molecular complexity index is 410. The van der Waals surface area contributed by atoms with Crippen LogP contribution in [-0.2, 0) is 0 Å². The molecule has 0 bridgehead atoms. The zero-order valence-electron chi connectivity index (χ0n) is 9.47. The van der Waals surface area contributed by atoms with Gasteiger partial charge >= 0.3 is 6.09 Å². The predicted molar refractivity (Wildman–Crippen MR) is 59.9 cm³/mol. The summed E-state index contributed by atoms with van der Waals surface area (Å²) >= 11 is 0. The molecule has 16 heavy (non-hydrogen) atoms. The zero-order valence-corrected chi connectivity index (χ0v) is 9.47. The van der Waals surface area contributed by atoms with Crippen LogP contribution >= 0.6 is 0 Å². The third-order valence-corrected chi connectivity index (χ3v) is 2.06. The summed E-state index contributed by atoms with van der Waals surface area (Å²) in [5, 5.41) is 9.16. The predicted octanol–water partition coefficient (Wildman–Crippen LogP) is 2.18. The van der Waals surface area contributed by atoms with Crippen molar-refractivity contribution in [3.63, 3.8) is 0 Å². The molecule has 1 rings (SSSR count). The summed E-state index contributed by atoms with van der Waals surface area (Å²) in [5.41, 5.74) is -0.0167. The van der Waals surface area contributed by atoms with Crippen LogP contribution in [0.1, 0.15) is 31.1 Å². The number of anilines is 1. The topological polar surface area (TPSA) is 70.5 Å². The number of rotatable bonds is 2. The highest BCUT2D eigenvalue weighted by molar-refractivity contribution is 5.94. The first-order valence-electron chi connectivity index (χ1n) is 4.80. The van der Waals surface area contributed by atoms with Crippen molar-refractivity contribution < 1.29 is 14.7 Å². The molecule has 1 aromatic rings. The number of carboxylic acid groups (broad SMARTS) is 1. The molecule has 0 saturated carbocycles. The average molecular weight is 222 g/mol. The summed E-state index contributed by atoms with van der Waals surface area (Å²) in [5.74, 6) is 0. The van der Waals surface area contributed by atoms with Crippen LogP contribution in [0.25, 0.3) is 0 Å². The van der Waals surface area contributed by atoms with Crippen LogP contribution < -0.4 is 4.90 Å². The molecule has 0 saturated heterocycles. The largest absolute Gasteiger partial charge is 0.465 e. The maximum atomic E-state index is 11.2. The Balaban J connectivity index is 3.32. The molecule has 0 fully saturated rings. The number of nitrogens with zero attached hydrogens (tertiary/aromatic N) is 2. The van der Waals surface area contributed by atoms with Crippen molar-refractivity contribution in [3.8, 4) is 0 Å². The van der Waals surface area contributed by atoms with Crippen molar-refractivity contribution in [1.29, 1.82) is 0 Å². The lowest BCUT2D eigenvalue weighted by Gasteiger charge is -2.33. The van der Waals surface area contributed by atoms with E-state index < -0.39 is 11.6 Å². The molecule has 0 spiro atoms. The molecule has 0 aromatic carbocycles. The van der Waals surface area contributed by atoms with E-state index >= 15 is 0 Å². The van der Waals surface area contributed by atoms with Gasteiger partial charge in [0.05, 0.1) is 11.9 Å². The minimum atomic E-state index is -1.11. The van der Waals surface area contributed by atoms with Gasteiger partial charge in [0.2, 0.25) is 0 Å². The number of carbonyl (C=O) groups excluding carboxylic acids is 1. The number of amides is 1. The van der Waals surface area contributed by atoms with E-state index in [1.165, 1.54) is 18.5 Å². The summed E-state index contributed by atoms with van der Waals surface area (Å²) in [4.78, 5) is 27.0. The molecular weight excluding hydrogens is 208 g/mol. The van der Waals surface area contributed by atoms with Gasteiger partial charge in [-0.25, -0.2) is 4.79 Å². The van der Waals surface area contributed by atoms with Crippen LogP contribution in [0.2, 0.25) is 0 Å². The van der Waals surface area contributed by atoms with E-state index in [0.717, 1.165) is 4.90 Å². The van der Waals surface area contributed by atoms with Crippen LogP contribution in [0, 0.1) is 0 Å². The molecule has 1 N–H and O–H groups in total. The molecule has 5 nitrogen and oxygen atoms in total. The van der Waals surface area contributed by atoms with Gasteiger partial charge in [-0.15, -0.1) is 0 Å². The second-order valence-electron chi connectivity index (χ2n) is 4.34. The Labute approximate surface area is 93.7 Å². The maximum Gasteiger partial charge on any atom is 0.412 e. The number of pyridine rings is 1. The first-order chi connectivity index (χ1) is 7.38. The number of hydrogen-bond donors (Lipinski definition) is 1. The van der Waals surface area contributed by atoms with Crippen LogP contribution in [0.3, 0.4) is 0 Å². The molecule has 0 unspecified atom stereocenters. The van der Waals surface area contributed by atoms with E-state index in [9.17, 15) is 9.59 Å². The third kappa shape index (κ3) is 2.36. The highest BCUT2D eigenvalue weighted by Gasteiger charge is 2.29. The molecule has 1 heterocycles. The van der Waals surface area contributed by atoms with Gasteiger partial charge in [0, 0.05) is 17.3 Å². The van der Waals surface area contributed by atoms with Crippen LogP contribution in [0.4, 0.5) is 10.5 Å². The van der Waals surface area contributed by atoms with Crippen molar-refractivity contribution in [2.45, 2.75) is 26.3 Å². The highest BCUT2D eigenvalue weighted by Crippen LogP contribution is 2.25. The SMILES string of the molecule is CC(C)(C)N(C(=O)O)c1cnccc1C=O. The molecular formula is C11H14N2O3. The lowest BCUT2D eigenvalue weighted by Crippen LogP contribution is -2.45. The second-order valence-corrected chi connectivity index (χ2v) is 4.34. The summed E-state index contributed by atoms with van der Waals surface area (Å²) in [7, 11) is 0. The summed E-state index contributed by atoms with van der Waals surface area (Å²) < 4.78 is 0. The Morgan fingerprint density at radius 2 is 2.12 bits per heavy atom. The molecule has 0 aliphatic carbocycles. The fourth-order valence-corrected chi connectivity index (χ4v) is 1.43. The summed E-state index contributed by atoms with van der Waals surface area (Å²) in [6, 6.07) is 1.49. The van der Waals surface area contributed by atoms with Gasteiger partial charge in [-0.3, -0.25) is 14.7 Å². The van der Waals surface area contributed by atoms with E-state index in [1.54, 1.807) is 20.8 Å². The number of hydrogen-bond acceptors (Lipinski definition) is 3. The Hall–Kier alpha value is -1.91. The monoisotopic (exact) mass is 222 g/mol. The average Bonchev–Trinajstić information content (AvgIpc) is 2.15. The van der Waals surface area contributed by atoms with Gasteiger partial charge in [0.15, 0.2) is 6.29 Å². The maximum absolute atomic E-state index is 11.2. The molecule has 1 amide bonds. The minimum Gasteiger partial charge on any atom is -0.465 e. The lowest BCUT2D eigenvalue weighted by atomic mass is 10.0. The minimum absolute atomic E-state index is 0.303. The standard InChI is InChI=1S/C11H14N2O3/c1-11(2,3)13(10(15)16)9-6-12-5-4-8(9)7-14/h4-7H,1-3H3,(H,15,16). The molecule has 86 valence electrons. The molecule has 0 radical (unpaired) electrons. The van der Waals surface area contributed by atoms with Gasteiger partial charge in [-0.1, -0.05) is 0 Å². The van der Waals surface area contributed by atoms with Crippen molar-refractivity contribution in [3.05, 3.63) is 24.0 Å². The van der Waals surface area contributed by atoms with Crippen molar-refractivity contribution in [1.82, 2.24) is 4.98 Å². The summed E-state index contributed by atoms with van der Waals surface area (Å²) in [6.45, 7) is 5.26. The number of aromatic nitrogens is 1. The fourth-order valence-electron chi connectivity index (χ4n) is 1.43. The first-order valence-corrected chi connectivity index (χ1v) is 4.80. The smallest absolute Gasteiger partial charge is 0.412 e. The van der Waals surface area contributed by atoms with Gasteiger partial charge in [0.1, 0.15) is 0 Å². The van der Waals surface area contributed by atoms with Crippen molar-refractivity contribution in [2.24, 2.45) is 0 Å². The molecule has 1 aromatic heterocycles. The van der Waals surface area contributed by atoms with Crippen molar-refractivity contribution in [2.75, 3.05) is 4.90 Å². The van der Waals surface area contributed by atoms with Crippen LogP contribution in [0.5, 0.6) is 0 Å². The Morgan fingerprint density at radius 1 is 1.50 bits per heavy atom. The first kappa shape index (κ1) is 12.2. The Kier molecular flexibility index (Phi) is 3.27. The van der Waals surface area contributed by atoms with E-state index in [1.807, 2.05) is 0 Å². The number of aldehydes is 1. The molecule has 0 aliphatic heterocycles. The normalized spacial score (nSPS) is 10.9. The van der Waals surface area contributed by atoms with E-state index in [4.69, 9.17) is 5.11 Å². The molecule has 0 atom stereocenters. The highest BCUT2D eigenvalue weighted by atomic mass is 16.4.